The number of hydrogen-bond acceptors (Lipinski definition) is 3. The van der Waals surface area contributed by atoms with Crippen LogP contribution in [0.3, 0.4) is 0 Å². The number of nitrogens with zero attached hydrogens (tertiary/aromatic N) is 1. The van der Waals surface area contributed by atoms with Gasteiger partial charge in [0.25, 0.3) is 0 Å². The van der Waals surface area contributed by atoms with Crippen molar-refractivity contribution >= 4 is 0 Å². The number of rotatable bonds is 10. The summed E-state index contributed by atoms with van der Waals surface area (Å²) in [5.41, 5.74) is 0.488. The largest absolute Gasteiger partial charge is 0.383 e. The van der Waals surface area contributed by atoms with Gasteiger partial charge in [-0.1, -0.05) is 33.6 Å². The average Bonchev–Trinajstić information content (AvgIpc) is 2.89. The molecule has 0 bridgehead atoms. The van der Waals surface area contributed by atoms with Crippen LogP contribution in [0.25, 0.3) is 0 Å². The van der Waals surface area contributed by atoms with Crippen molar-refractivity contribution in [3.8, 4) is 0 Å². The number of ether oxygens (including phenoxy) is 1. The van der Waals surface area contributed by atoms with E-state index in [0.717, 1.165) is 13.2 Å². The van der Waals surface area contributed by atoms with Crippen LogP contribution >= 0.6 is 0 Å². The van der Waals surface area contributed by atoms with Crippen molar-refractivity contribution in [3.05, 3.63) is 0 Å². The van der Waals surface area contributed by atoms with E-state index in [4.69, 9.17) is 4.74 Å². The summed E-state index contributed by atoms with van der Waals surface area (Å²) in [4.78, 5) is 2.65. The molecule has 20 heavy (non-hydrogen) atoms. The summed E-state index contributed by atoms with van der Waals surface area (Å²) in [5.74, 6) is 0. The van der Waals surface area contributed by atoms with Gasteiger partial charge in [0.05, 0.1) is 6.61 Å². The summed E-state index contributed by atoms with van der Waals surface area (Å²) >= 11 is 0. The Bertz CT molecular complexity index is 249. The van der Waals surface area contributed by atoms with Gasteiger partial charge < -0.3 is 10.1 Å². The van der Waals surface area contributed by atoms with E-state index in [9.17, 15) is 0 Å². The highest BCUT2D eigenvalue weighted by Gasteiger charge is 2.36. The maximum Gasteiger partial charge on any atom is 0.0589 e. The van der Waals surface area contributed by atoms with Crippen molar-refractivity contribution in [1.82, 2.24) is 10.2 Å². The van der Waals surface area contributed by atoms with E-state index in [2.05, 4.69) is 37.9 Å². The van der Waals surface area contributed by atoms with Crippen molar-refractivity contribution in [1.29, 1.82) is 0 Å². The SMILES string of the molecule is CCC(C)N(CCOC)CC1(CNC(C)C)CCCC1. The molecule has 0 aliphatic heterocycles. The van der Waals surface area contributed by atoms with E-state index < -0.39 is 0 Å². The standard InChI is InChI=1S/C17H36N2O/c1-6-16(4)19(11-12-20-5)14-17(9-7-8-10-17)13-18-15(2)3/h15-16,18H,6-14H2,1-5H3. The number of methoxy groups -OCH3 is 1. The molecule has 1 aliphatic carbocycles. The van der Waals surface area contributed by atoms with Gasteiger partial charge in [-0.25, -0.2) is 0 Å². The van der Waals surface area contributed by atoms with Crippen LogP contribution < -0.4 is 5.32 Å². The molecule has 0 saturated heterocycles. The van der Waals surface area contributed by atoms with Crippen molar-refractivity contribution in [2.75, 3.05) is 33.4 Å². The van der Waals surface area contributed by atoms with Crippen molar-refractivity contribution in [3.63, 3.8) is 0 Å². The predicted molar refractivity (Wildman–Crippen MR) is 87.2 cm³/mol. The Hall–Kier alpha value is -0.120. The maximum atomic E-state index is 5.31. The van der Waals surface area contributed by atoms with Gasteiger partial charge in [-0.05, 0) is 31.6 Å². The molecule has 3 heteroatoms. The van der Waals surface area contributed by atoms with Gasteiger partial charge in [0.1, 0.15) is 0 Å². The quantitative estimate of drug-likeness (QED) is 0.666. The van der Waals surface area contributed by atoms with Crippen LogP contribution in [-0.4, -0.2) is 50.3 Å². The van der Waals surface area contributed by atoms with E-state index >= 15 is 0 Å². The molecule has 1 aliphatic rings. The van der Waals surface area contributed by atoms with Gasteiger partial charge in [0, 0.05) is 38.8 Å². The smallest absolute Gasteiger partial charge is 0.0589 e. The minimum Gasteiger partial charge on any atom is -0.383 e. The molecule has 0 aromatic rings. The third-order valence-electron chi connectivity index (χ3n) is 4.88. The van der Waals surface area contributed by atoms with Crippen LogP contribution in [0.15, 0.2) is 0 Å². The second-order valence-electron chi connectivity index (χ2n) is 6.96. The molecular weight excluding hydrogens is 248 g/mol. The first-order valence-electron chi connectivity index (χ1n) is 8.49. The van der Waals surface area contributed by atoms with Crippen molar-refractivity contribution < 1.29 is 4.74 Å². The summed E-state index contributed by atoms with van der Waals surface area (Å²) in [6, 6.07) is 1.24. The molecule has 1 unspecified atom stereocenters. The molecule has 3 nitrogen and oxygen atoms in total. The first kappa shape index (κ1) is 17.9. The first-order chi connectivity index (χ1) is 9.53. The Balaban J connectivity index is 2.64. The van der Waals surface area contributed by atoms with Crippen LogP contribution in [0.2, 0.25) is 0 Å². The van der Waals surface area contributed by atoms with Gasteiger partial charge in [-0.3, -0.25) is 4.90 Å². The Kier molecular flexibility index (Phi) is 8.08. The topological polar surface area (TPSA) is 24.5 Å². The van der Waals surface area contributed by atoms with E-state index in [1.807, 2.05) is 0 Å². The highest BCUT2D eigenvalue weighted by atomic mass is 16.5. The fraction of sp³-hybridized carbons (Fsp3) is 1.00. The molecule has 1 N–H and O–H groups in total. The highest BCUT2D eigenvalue weighted by Crippen LogP contribution is 2.38. The van der Waals surface area contributed by atoms with Crippen LogP contribution in [0, 0.1) is 5.41 Å². The van der Waals surface area contributed by atoms with Gasteiger partial charge >= 0.3 is 0 Å². The van der Waals surface area contributed by atoms with Gasteiger partial charge in [0.2, 0.25) is 0 Å². The molecule has 1 fully saturated rings. The van der Waals surface area contributed by atoms with Gasteiger partial charge in [0.15, 0.2) is 0 Å². The van der Waals surface area contributed by atoms with E-state index in [-0.39, 0.29) is 0 Å². The molecule has 0 heterocycles. The fourth-order valence-corrected chi connectivity index (χ4v) is 3.29. The van der Waals surface area contributed by atoms with Crippen LogP contribution in [0.5, 0.6) is 0 Å². The molecule has 0 radical (unpaired) electrons. The van der Waals surface area contributed by atoms with Crippen molar-refractivity contribution in [2.45, 2.75) is 71.9 Å². The zero-order valence-corrected chi connectivity index (χ0v) is 14.4. The lowest BCUT2D eigenvalue weighted by Crippen LogP contribution is -2.47. The maximum absolute atomic E-state index is 5.31. The van der Waals surface area contributed by atoms with Gasteiger partial charge in [-0.2, -0.15) is 0 Å². The van der Waals surface area contributed by atoms with E-state index in [1.165, 1.54) is 45.2 Å². The van der Waals surface area contributed by atoms with Crippen LogP contribution in [0.1, 0.15) is 59.8 Å². The molecule has 1 saturated carbocycles. The molecule has 0 aromatic heterocycles. The third-order valence-corrected chi connectivity index (χ3v) is 4.88. The summed E-state index contributed by atoms with van der Waals surface area (Å²) < 4.78 is 5.31. The van der Waals surface area contributed by atoms with Gasteiger partial charge in [-0.15, -0.1) is 0 Å². The monoisotopic (exact) mass is 284 g/mol. The average molecular weight is 284 g/mol. The zero-order chi connectivity index (χ0) is 15.0. The highest BCUT2D eigenvalue weighted by molar-refractivity contribution is 4.90. The molecule has 120 valence electrons. The summed E-state index contributed by atoms with van der Waals surface area (Å²) in [5, 5.41) is 3.69. The van der Waals surface area contributed by atoms with Crippen LogP contribution in [-0.2, 0) is 4.74 Å². The lowest BCUT2D eigenvalue weighted by molar-refractivity contribution is 0.0773. The lowest BCUT2D eigenvalue weighted by Gasteiger charge is -2.39. The Morgan fingerprint density at radius 1 is 1.20 bits per heavy atom. The molecule has 0 aromatic carbocycles. The molecule has 0 spiro atoms. The normalized spacial score (nSPS) is 19.9. The summed E-state index contributed by atoms with van der Waals surface area (Å²) in [6.45, 7) is 13.5. The number of hydrogen-bond donors (Lipinski definition) is 1. The molecule has 1 rings (SSSR count). The van der Waals surface area contributed by atoms with Crippen LogP contribution in [0.4, 0.5) is 0 Å². The predicted octanol–water partition coefficient (Wildman–Crippen LogP) is 3.29. The summed E-state index contributed by atoms with van der Waals surface area (Å²) in [6.07, 6.45) is 6.79. The first-order valence-corrected chi connectivity index (χ1v) is 8.49. The lowest BCUT2D eigenvalue weighted by atomic mass is 9.84. The fourth-order valence-electron chi connectivity index (χ4n) is 3.29. The molecular formula is C17H36N2O. The third kappa shape index (κ3) is 5.71. The second kappa shape index (κ2) is 9.01. The summed E-state index contributed by atoms with van der Waals surface area (Å²) in [7, 11) is 1.81. The Morgan fingerprint density at radius 2 is 1.85 bits per heavy atom. The zero-order valence-electron chi connectivity index (χ0n) is 14.4. The van der Waals surface area contributed by atoms with E-state index in [1.54, 1.807) is 7.11 Å². The Morgan fingerprint density at radius 3 is 2.35 bits per heavy atom. The Labute approximate surface area is 126 Å². The van der Waals surface area contributed by atoms with E-state index in [0.29, 0.717) is 17.5 Å². The minimum absolute atomic E-state index is 0.488. The second-order valence-corrected chi connectivity index (χ2v) is 6.96. The molecule has 1 atom stereocenters. The van der Waals surface area contributed by atoms with Crippen molar-refractivity contribution in [2.24, 2.45) is 5.41 Å². The minimum atomic E-state index is 0.488. The number of nitrogens with one attached hydrogen (secondary N) is 1. The molecule has 0 amide bonds.